The minimum Gasteiger partial charge on any atom is -0.307 e. The van der Waals surface area contributed by atoms with Crippen LogP contribution in [0.3, 0.4) is 0 Å². The van der Waals surface area contributed by atoms with Gasteiger partial charge in [-0.3, -0.25) is 4.40 Å². The second-order valence-electron chi connectivity index (χ2n) is 3.75. The van der Waals surface area contributed by atoms with Crippen LogP contribution in [0.1, 0.15) is 24.7 Å². The van der Waals surface area contributed by atoms with Gasteiger partial charge < -0.3 is 5.32 Å². The maximum absolute atomic E-state index is 6.14. The Morgan fingerprint density at radius 1 is 1.40 bits per heavy atom. The van der Waals surface area contributed by atoms with Crippen molar-refractivity contribution in [1.82, 2.24) is 19.9 Å². The second-order valence-corrected chi connectivity index (χ2v) is 4.14. The van der Waals surface area contributed by atoms with Crippen LogP contribution in [0.15, 0.2) is 18.2 Å². The highest BCUT2D eigenvalue weighted by atomic mass is 35.5. The number of fused-ring (bicyclic) bond motifs is 1. The van der Waals surface area contributed by atoms with Gasteiger partial charge in [-0.2, -0.15) is 0 Å². The van der Waals surface area contributed by atoms with E-state index in [9.17, 15) is 0 Å². The molecule has 5 heteroatoms. The molecule has 3 heterocycles. The first-order valence-corrected chi connectivity index (χ1v) is 5.47. The minimum absolute atomic E-state index is 0.292. The number of hydrogen-bond donors (Lipinski definition) is 1. The van der Waals surface area contributed by atoms with Gasteiger partial charge in [0, 0.05) is 0 Å². The van der Waals surface area contributed by atoms with Crippen LogP contribution in [0.2, 0.25) is 5.15 Å². The number of nitrogens with one attached hydrogen (secondary N) is 1. The Morgan fingerprint density at radius 2 is 2.33 bits per heavy atom. The number of aromatic nitrogens is 3. The van der Waals surface area contributed by atoms with Crippen molar-refractivity contribution in [3.8, 4) is 0 Å². The average molecular weight is 223 g/mol. The Bertz CT molecular complexity index is 487. The number of nitrogens with zero attached hydrogens (tertiary/aromatic N) is 3. The molecule has 4 nitrogen and oxygen atoms in total. The Balaban J connectivity index is 2.18. The van der Waals surface area contributed by atoms with Gasteiger partial charge in [-0.25, -0.2) is 0 Å². The quantitative estimate of drug-likeness (QED) is 0.749. The van der Waals surface area contributed by atoms with Crippen molar-refractivity contribution in [2.45, 2.75) is 18.9 Å². The lowest BCUT2D eigenvalue weighted by molar-refractivity contribution is 0.598. The van der Waals surface area contributed by atoms with Crippen LogP contribution in [0.4, 0.5) is 0 Å². The molecule has 2 aromatic heterocycles. The zero-order valence-electron chi connectivity index (χ0n) is 8.15. The molecule has 3 rings (SSSR count). The highest BCUT2D eigenvalue weighted by molar-refractivity contribution is 6.29. The predicted molar refractivity (Wildman–Crippen MR) is 58.0 cm³/mol. The van der Waals surface area contributed by atoms with E-state index in [0.717, 1.165) is 24.4 Å². The van der Waals surface area contributed by atoms with Crippen LogP contribution in [-0.2, 0) is 0 Å². The Kier molecular flexibility index (Phi) is 2.11. The third kappa shape index (κ3) is 1.41. The second kappa shape index (κ2) is 3.47. The van der Waals surface area contributed by atoms with Crippen molar-refractivity contribution in [2.24, 2.45) is 0 Å². The largest absolute Gasteiger partial charge is 0.307 e. The van der Waals surface area contributed by atoms with Gasteiger partial charge in [0.15, 0.2) is 11.5 Å². The molecule has 2 aromatic rings. The van der Waals surface area contributed by atoms with Crippen LogP contribution >= 0.6 is 11.6 Å². The monoisotopic (exact) mass is 222 g/mol. The third-order valence-electron chi connectivity index (χ3n) is 2.78. The average Bonchev–Trinajstić information content (AvgIpc) is 2.85. The molecule has 1 atom stereocenters. The molecule has 1 unspecified atom stereocenters. The van der Waals surface area contributed by atoms with E-state index in [2.05, 4.69) is 15.5 Å². The van der Waals surface area contributed by atoms with E-state index in [4.69, 9.17) is 11.6 Å². The molecule has 0 amide bonds. The summed E-state index contributed by atoms with van der Waals surface area (Å²) >= 11 is 6.14. The SMILES string of the molecule is Clc1cccc2nnc(C3CCCN3)n12. The van der Waals surface area contributed by atoms with Gasteiger partial charge in [0.25, 0.3) is 0 Å². The minimum atomic E-state index is 0.292. The van der Waals surface area contributed by atoms with Gasteiger partial charge in [0.05, 0.1) is 6.04 Å². The smallest absolute Gasteiger partial charge is 0.161 e. The van der Waals surface area contributed by atoms with E-state index < -0.39 is 0 Å². The molecule has 0 radical (unpaired) electrons. The first-order chi connectivity index (χ1) is 7.36. The molecule has 1 N–H and O–H groups in total. The lowest BCUT2D eigenvalue weighted by Gasteiger charge is -2.08. The molecule has 1 aliphatic heterocycles. The number of rotatable bonds is 1. The summed E-state index contributed by atoms with van der Waals surface area (Å²) in [5.74, 6) is 0.924. The summed E-state index contributed by atoms with van der Waals surface area (Å²) < 4.78 is 1.91. The van der Waals surface area contributed by atoms with E-state index in [1.54, 1.807) is 0 Å². The van der Waals surface area contributed by atoms with Gasteiger partial charge in [-0.05, 0) is 31.5 Å². The molecule has 15 heavy (non-hydrogen) atoms. The van der Waals surface area contributed by atoms with E-state index >= 15 is 0 Å². The van der Waals surface area contributed by atoms with Gasteiger partial charge in [0.2, 0.25) is 0 Å². The molecule has 1 fully saturated rings. The van der Waals surface area contributed by atoms with Crippen molar-refractivity contribution in [3.63, 3.8) is 0 Å². The third-order valence-corrected chi connectivity index (χ3v) is 3.07. The molecule has 78 valence electrons. The molecule has 0 spiro atoms. The summed E-state index contributed by atoms with van der Waals surface area (Å²) in [7, 11) is 0. The summed E-state index contributed by atoms with van der Waals surface area (Å²) in [6.45, 7) is 1.05. The van der Waals surface area contributed by atoms with Crippen molar-refractivity contribution in [3.05, 3.63) is 29.2 Å². The fraction of sp³-hybridized carbons (Fsp3) is 0.400. The molecule has 1 aliphatic rings. The van der Waals surface area contributed by atoms with E-state index in [1.165, 1.54) is 6.42 Å². The summed E-state index contributed by atoms with van der Waals surface area (Å²) in [5, 5.41) is 12.4. The normalized spacial score (nSPS) is 21.3. The van der Waals surface area contributed by atoms with Crippen molar-refractivity contribution < 1.29 is 0 Å². The predicted octanol–water partition coefficient (Wildman–Crippen LogP) is 1.81. The standard InChI is InChI=1S/C10H11ClN4/c11-8-4-1-5-9-13-14-10(15(8)9)7-3-2-6-12-7/h1,4-5,7,12H,2-3,6H2. The number of halogens is 1. The fourth-order valence-corrected chi connectivity index (χ4v) is 2.30. The Hall–Kier alpha value is -1.13. The van der Waals surface area contributed by atoms with Crippen LogP contribution in [-0.4, -0.2) is 21.1 Å². The first kappa shape index (κ1) is 9.12. The van der Waals surface area contributed by atoms with Crippen molar-refractivity contribution >= 4 is 17.2 Å². The topological polar surface area (TPSA) is 42.2 Å². The van der Waals surface area contributed by atoms with Gasteiger partial charge in [-0.15, -0.1) is 10.2 Å². The lowest BCUT2D eigenvalue weighted by atomic mass is 10.2. The Morgan fingerprint density at radius 3 is 3.13 bits per heavy atom. The molecule has 0 saturated carbocycles. The van der Waals surface area contributed by atoms with Crippen LogP contribution in [0, 0.1) is 0 Å². The summed E-state index contributed by atoms with van der Waals surface area (Å²) in [4.78, 5) is 0. The van der Waals surface area contributed by atoms with Crippen molar-refractivity contribution in [2.75, 3.05) is 6.54 Å². The highest BCUT2D eigenvalue weighted by Crippen LogP contribution is 2.24. The van der Waals surface area contributed by atoms with Gasteiger partial charge >= 0.3 is 0 Å². The van der Waals surface area contributed by atoms with E-state index in [1.807, 2.05) is 22.6 Å². The van der Waals surface area contributed by atoms with Crippen LogP contribution in [0.25, 0.3) is 5.65 Å². The lowest BCUT2D eigenvalue weighted by Crippen LogP contribution is -2.16. The molecule has 0 aliphatic carbocycles. The molecular formula is C10H11ClN4. The molecule has 1 saturated heterocycles. The zero-order valence-corrected chi connectivity index (χ0v) is 8.91. The summed E-state index contributed by atoms with van der Waals surface area (Å²) in [6.07, 6.45) is 2.29. The summed E-state index contributed by atoms with van der Waals surface area (Å²) in [5.41, 5.74) is 0.811. The van der Waals surface area contributed by atoms with Crippen LogP contribution < -0.4 is 5.32 Å². The molecular weight excluding hydrogens is 212 g/mol. The van der Waals surface area contributed by atoms with E-state index in [0.29, 0.717) is 11.2 Å². The maximum atomic E-state index is 6.14. The van der Waals surface area contributed by atoms with Crippen molar-refractivity contribution in [1.29, 1.82) is 0 Å². The number of hydrogen-bond acceptors (Lipinski definition) is 3. The van der Waals surface area contributed by atoms with E-state index in [-0.39, 0.29) is 0 Å². The highest BCUT2D eigenvalue weighted by Gasteiger charge is 2.22. The fourth-order valence-electron chi connectivity index (χ4n) is 2.05. The number of pyridine rings is 1. The maximum Gasteiger partial charge on any atom is 0.161 e. The molecule has 0 aromatic carbocycles. The first-order valence-electron chi connectivity index (χ1n) is 5.09. The summed E-state index contributed by atoms with van der Waals surface area (Å²) in [6, 6.07) is 5.95. The molecule has 0 bridgehead atoms. The van der Waals surface area contributed by atoms with Gasteiger partial charge in [0.1, 0.15) is 5.15 Å². The van der Waals surface area contributed by atoms with Gasteiger partial charge in [-0.1, -0.05) is 17.7 Å². The Labute approximate surface area is 92.3 Å². The zero-order chi connectivity index (χ0) is 10.3. The van der Waals surface area contributed by atoms with Crippen LogP contribution in [0.5, 0.6) is 0 Å².